The fraction of sp³-hybridized carbons (Fsp3) is 0.500. The van der Waals surface area contributed by atoms with Gasteiger partial charge in [0.05, 0.1) is 6.54 Å². The minimum Gasteiger partial charge on any atom is -0.369 e. The van der Waals surface area contributed by atoms with Crippen LogP contribution in [-0.2, 0) is 0 Å². The number of hydrogen-bond donors (Lipinski definition) is 1. The van der Waals surface area contributed by atoms with Gasteiger partial charge in [0.1, 0.15) is 5.84 Å². The van der Waals surface area contributed by atoms with Crippen molar-refractivity contribution in [2.75, 3.05) is 13.1 Å². The zero-order chi connectivity index (χ0) is 5.82. The number of hydrogen-bond acceptors (Lipinski definition) is 2. The maximum absolute atomic E-state index is 4.14. The molecule has 0 aromatic carbocycles. The summed E-state index contributed by atoms with van der Waals surface area (Å²) in [6.45, 7) is 3.92. The highest BCUT2D eigenvalue weighted by molar-refractivity contribution is 5.93. The number of nitrogens with zero attached hydrogens (tertiary/aromatic N) is 1. The van der Waals surface area contributed by atoms with Crippen LogP contribution < -0.4 is 5.32 Å². The first kappa shape index (κ1) is 5.35. The molecular weight excluding hydrogens is 100 g/mol. The molecule has 2 nitrogen and oxygen atoms in total. The Morgan fingerprint density at radius 1 is 1.75 bits per heavy atom. The molecular formula is C6H10N2. The molecule has 0 bridgehead atoms. The number of rotatable bonds is 1. The van der Waals surface area contributed by atoms with E-state index in [2.05, 4.69) is 10.3 Å². The van der Waals surface area contributed by atoms with E-state index in [0.717, 1.165) is 18.9 Å². The molecule has 2 heteroatoms. The molecule has 0 unspecified atom stereocenters. The van der Waals surface area contributed by atoms with Crippen LogP contribution in [0, 0.1) is 0 Å². The molecule has 1 aliphatic heterocycles. The molecule has 0 spiro atoms. The van der Waals surface area contributed by atoms with E-state index in [0.29, 0.717) is 0 Å². The fourth-order valence-electron chi connectivity index (χ4n) is 0.686. The van der Waals surface area contributed by atoms with Crippen molar-refractivity contribution < 1.29 is 0 Å². The summed E-state index contributed by atoms with van der Waals surface area (Å²) in [6, 6.07) is 0. The van der Waals surface area contributed by atoms with E-state index in [1.807, 2.05) is 19.1 Å². The summed E-state index contributed by atoms with van der Waals surface area (Å²) in [5.74, 6) is 1.02. The molecule has 44 valence electrons. The molecule has 1 N–H and O–H groups in total. The Balaban J connectivity index is 2.45. The molecule has 0 saturated heterocycles. The predicted octanol–water partition coefficient (Wildman–Crippen LogP) is 0.564. The maximum Gasteiger partial charge on any atom is 0.120 e. The zero-order valence-corrected chi connectivity index (χ0v) is 5.02. The van der Waals surface area contributed by atoms with Gasteiger partial charge in [-0.3, -0.25) is 4.99 Å². The van der Waals surface area contributed by atoms with Gasteiger partial charge < -0.3 is 5.32 Å². The van der Waals surface area contributed by atoms with Gasteiger partial charge in [-0.15, -0.1) is 0 Å². The van der Waals surface area contributed by atoms with E-state index in [1.165, 1.54) is 0 Å². The van der Waals surface area contributed by atoms with E-state index in [1.54, 1.807) is 0 Å². The summed E-state index contributed by atoms with van der Waals surface area (Å²) in [6.07, 6.45) is 3.96. The number of amidine groups is 1. The lowest BCUT2D eigenvalue weighted by atomic mass is 10.5. The van der Waals surface area contributed by atoms with Crippen molar-refractivity contribution in [3.05, 3.63) is 12.2 Å². The van der Waals surface area contributed by atoms with E-state index >= 15 is 0 Å². The smallest absolute Gasteiger partial charge is 0.120 e. The fourth-order valence-corrected chi connectivity index (χ4v) is 0.686. The van der Waals surface area contributed by atoms with Crippen molar-refractivity contribution in [1.29, 1.82) is 0 Å². The van der Waals surface area contributed by atoms with Gasteiger partial charge in [0, 0.05) is 6.54 Å². The van der Waals surface area contributed by atoms with Gasteiger partial charge in [-0.2, -0.15) is 0 Å². The summed E-state index contributed by atoms with van der Waals surface area (Å²) in [7, 11) is 0. The largest absolute Gasteiger partial charge is 0.369 e. The SMILES string of the molecule is C/C=C/C1=NCCN1. The number of nitrogens with one attached hydrogen (secondary N) is 1. The highest BCUT2D eigenvalue weighted by atomic mass is 15.1. The molecule has 8 heavy (non-hydrogen) atoms. The van der Waals surface area contributed by atoms with E-state index in [-0.39, 0.29) is 0 Å². The van der Waals surface area contributed by atoms with Gasteiger partial charge >= 0.3 is 0 Å². The van der Waals surface area contributed by atoms with Gasteiger partial charge in [0.25, 0.3) is 0 Å². The van der Waals surface area contributed by atoms with Crippen LogP contribution in [0.25, 0.3) is 0 Å². The second-order valence-electron chi connectivity index (χ2n) is 1.69. The van der Waals surface area contributed by atoms with Gasteiger partial charge in [-0.1, -0.05) is 6.08 Å². The molecule has 0 atom stereocenters. The molecule has 0 radical (unpaired) electrons. The second kappa shape index (κ2) is 2.50. The van der Waals surface area contributed by atoms with E-state index < -0.39 is 0 Å². The lowest BCUT2D eigenvalue weighted by molar-refractivity contribution is 0.961. The van der Waals surface area contributed by atoms with Crippen molar-refractivity contribution in [1.82, 2.24) is 5.32 Å². The molecule has 1 aliphatic rings. The van der Waals surface area contributed by atoms with Crippen LogP contribution >= 0.6 is 0 Å². The topological polar surface area (TPSA) is 24.4 Å². The Morgan fingerprint density at radius 3 is 3.12 bits per heavy atom. The van der Waals surface area contributed by atoms with Crippen LogP contribution in [0.5, 0.6) is 0 Å². The van der Waals surface area contributed by atoms with Crippen molar-refractivity contribution in [2.24, 2.45) is 4.99 Å². The van der Waals surface area contributed by atoms with Gasteiger partial charge in [-0.05, 0) is 13.0 Å². The van der Waals surface area contributed by atoms with Crippen molar-refractivity contribution in [3.63, 3.8) is 0 Å². The lowest BCUT2D eigenvalue weighted by Gasteiger charge is -1.89. The molecule has 0 aromatic rings. The quantitative estimate of drug-likeness (QED) is 0.524. The van der Waals surface area contributed by atoms with E-state index in [9.17, 15) is 0 Å². The average molecular weight is 110 g/mol. The standard InChI is InChI=1S/C6H10N2/c1-2-3-6-7-4-5-8-6/h2-3H,4-5H2,1H3,(H,7,8)/b3-2+. The predicted molar refractivity (Wildman–Crippen MR) is 35.1 cm³/mol. The number of aliphatic imine (C=N–C) groups is 1. The molecule has 0 fully saturated rings. The molecule has 0 amide bonds. The summed E-state index contributed by atoms with van der Waals surface area (Å²) in [5.41, 5.74) is 0. The Hall–Kier alpha value is -0.790. The Morgan fingerprint density at radius 2 is 2.62 bits per heavy atom. The Labute approximate surface area is 49.3 Å². The molecule has 0 aliphatic carbocycles. The number of allylic oxidation sites excluding steroid dienone is 1. The minimum absolute atomic E-state index is 0.930. The Bertz CT molecular complexity index is 124. The third kappa shape index (κ3) is 1.09. The third-order valence-corrected chi connectivity index (χ3v) is 1.02. The van der Waals surface area contributed by atoms with Gasteiger partial charge in [0.15, 0.2) is 0 Å². The second-order valence-corrected chi connectivity index (χ2v) is 1.69. The van der Waals surface area contributed by atoms with Crippen LogP contribution in [0.2, 0.25) is 0 Å². The highest BCUT2D eigenvalue weighted by Crippen LogP contribution is 1.85. The van der Waals surface area contributed by atoms with Gasteiger partial charge in [-0.25, -0.2) is 0 Å². The van der Waals surface area contributed by atoms with Crippen LogP contribution in [-0.4, -0.2) is 18.9 Å². The van der Waals surface area contributed by atoms with Crippen molar-refractivity contribution >= 4 is 5.84 Å². The molecule has 0 saturated carbocycles. The normalized spacial score (nSPS) is 18.9. The van der Waals surface area contributed by atoms with Gasteiger partial charge in [0.2, 0.25) is 0 Å². The lowest BCUT2D eigenvalue weighted by Crippen LogP contribution is -2.15. The average Bonchev–Trinajstić information content (AvgIpc) is 2.19. The monoisotopic (exact) mass is 110 g/mol. The first-order chi connectivity index (χ1) is 3.93. The zero-order valence-electron chi connectivity index (χ0n) is 5.02. The molecule has 1 rings (SSSR count). The van der Waals surface area contributed by atoms with Crippen molar-refractivity contribution in [3.8, 4) is 0 Å². The maximum atomic E-state index is 4.14. The molecule has 1 heterocycles. The third-order valence-electron chi connectivity index (χ3n) is 1.02. The summed E-state index contributed by atoms with van der Waals surface area (Å²) in [4.78, 5) is 4.14. The summed E-state index contributed by atoms with van der Waals surface area (Å²) < 4.78 is 0. The van der Waals surface area contributed by atoms with Crippen molar-refractivity contribution in [2.45, 2.75) is 6.92 Å². The summed E-state index contributed by atoms with van der Waals surface area (Å²) >= 11 is 0. The van der Waals surface area contributed by atoms with Crippen LogP contribution in [0.1, 0.15) is 6.92 Å². The van der Waals surface area contributed by atoms with Crippen LogP contribution in [0.3, 0.4) is 0 Å². The Kier molecular flexibility index (Phi) is 1.67. The van der Waals surface area contributed by atoms with E-state index in [4.69, 9.17) is 0 Å². The minimum atomic E-state index is 0.930. The van der Waals surface area contributed by atoms with Crippen LogP contribution in [0.4, 0.5) is 0 Å². The van der Waals surface area contributed by atoms with Crippen LogP contribution in [0.15, 0.2) is 17.1 Å². The summed E-state index contributed by atoms with van der Waals surface area (Å²) in [5, 5.41) is 3.12. The first-order valence-corrected chi connectivity index (χ1v) is 2.84. The first-order valence-electron chi connectivity index (χ1n) is 2.84. The molecule has 0 aromatic heterocycles. The highest BCUT2D eigenvalue weighted by Gasteiger charge is 1.97.